The molecule has 3 unspecified atom stereocenters. The summed E-state index contributed by atoms with van der Waals surface area (Å²) in [6, 6.07) is 0. The van der Waals surface area contributed by atoms with Crippen LogP contribution in [0.5, 0.6) is 0 Å². The Labute approximate surface area is 638 Å². The zero-order chi connectivity index (χ0) is 76.5. The largest absolute Gasteiger partial charge is 0.472 e. The van der Waals surface area contributed by atoms with Gasteiger partial charge in [-0.1, -0.05) is 395 Å². The predicted octanol–water partition coefficient (Wildman–Crippen LogP) is 25.7. The molecule has 0 spiro atoms. The van der Waals surface area contributed by atoms with Crippen molar-refractivity contribution in [2.45, 2.75) is 465 Å². The molecule has 19 heteroatoms. The standard InChI is InChI=1S/C85H166O17P2/c1-8-10-11-12-13-14-38-45-52-59-66-82(87)95-72-80(102-85(90)69-62-55-48-41-34-28-30-36-43-50-57-64-77(5)6)74-99-103(91,92)97-70-79(86)71-98-104(93,94)100-75-81(73-96-83(88)67-60-53-46-39-32-26-23-19-20-24-29-35-42-49-56-63-76(3)4)101-84(89)68-61-54-47-40-33-27-22-18-16-15-17-21-25-31-37-44-51-58-65-78(7)9-2/h76-81,86H,8-75H2,1-7H3,(H,91,92)(H,93,94)/t78?,79-,80+,81+/m0/s1. The summed E-state index contributed by atoms with van der Waals surface area (Å²) in [5, 5.41) is 10.7. The molecule has 618 valence electrons. The van der Waals surface area contributed by atoms with Crippen molar-refractivity contribution in [1.29, 1.82) is 0 Å². The summed E-state index contributed by atoms with van der Waals surface area (Å²) < 4.78 is 68.8. The van der Waals surface area contributed by atoms with Crippen molar-refractivity contribution in [3.05, 3.63) is 0 Å². The average molecular weight is 1520 g/mol. The van der Waals surface area contributed by atoms with E-state index in [9.17, 15) is 43.2 Å². The van der Waals surface area contributed by atoms with Crippen LogP contribution in [-0.2, 0) is 65.4 Å². The van der Waals surface area contributed by atoms with Gasteiger partial charge in [-0.05, 0) is 43.4 Å². The Kier molecular flexibility index (Phi) is 73.7. The number of hydrogen-bond acceptors (Lipinski definition) is 15. The molecule has 0 aromatic heterocycles. The second kappa shape index (κ2) is 75.1. The molecular formula is C85H166O17P2. The first-order chi connectivity index (χ1) is 50.3. The van der Waals surface area contributed by atoms with Crippen LogP contribution in [0.2, 0.25) is 0 Å². The van der Waals surface area contributed by atoms with Gasteiger partial charge in [0.1, 0.15) is 19.3 Å². The first kappa shape index (κ1) is 102. The van der Waals surface area contributed by atoms with E-state index in [-0.39, 0.29) is 25.7 Å². The van der Waals surface area contributed by atoms with Crippen LogP contribution in [-0.4, -0.2) is 96.7 Å². The summed E-state index contributed by atoms with van der Waals surface area (Å²) >= 11 is 0. The summed E-state index contributed by atoms with van der Waals surface area (Å²) in [4.78, 5) is 73.1. The first-order valence-electron chi connectivity index (χ1n) is 43.9. The van der Waals surface area contributed by atoms with Crippen molar-refractivity contribution in [2.75, 3.05) is 39.6 Å². The third-order valence-electron chi connectivity index (χ3n) is 20.2. The number of esters is 4. The van der Waals surface area contributed by atoms with Crippen LogP contribution in [0.3, 0.4) is 0 Å². The van der Waals surface area contributed by atoms with Crippen LogP contribution in [0, 0.1) is 17.8 Å². The number of unbranched alkanes of at least 4 members (excludes halogenated alkanes) is 50. The Balaban J connectivity index is 5.22. The summed E-state index contributed by atoms with van der Waals surface area (Å²) in [5.74, 6) is 0.337. The van der Waals surface area contributed by atoms with Crippen molar-refractivity contribution in [3.63, 3.8) is 0 Å². The number of phosphoric ester groups is 2. The molecule has 0 radical (unpaired) electrons. The van der Waals surface area contributed by atoms with E-state index < -0.39 is 97.5 Å². The van der Waals surface area contributed by atoms with Crippen LogP contribution >= 0.6 is 15.6 Å². The van der Waals surface area contributed by atoms with Crippen molar-refractivity contribution < 1.29 is 80.2 Å². The molecule has 0 aromatic rings. The van der Waals surface area contributed by atoms with Gasteiger partial charge in [0.05, 0.1) is 26.4 Å². The van der Waals surface area contributed by atoms with Gasteiger partial charge in [0.2, 0.25) is 0 Å². The number of aliphatic hydroxyl groups is 1. The smallest absolute Gasteiger partial charge is 0.462 e. The van der Waals surface area contributed by atoms with E-state index in [1.54, 1.807) is 0 Å². The SMILES string of the molecule is CCCCCCCCCCCCC(=O)OC[C@H](COP(=O)(O)OC[C@H](O)COP(=O)(O)OC[C@@H](COC(=O)CCCCCCCCCCCCCCCCCC(C)C)OC(=O)CCCCCCCCCCCCCCCCCCCCC(C)CC)OC(=O)CCCCCCCCCCCCCC(C)C. The lowest BCUT2D eigenvalue weighted by Gasteiger charge is -2.21. The number of carbonyl (C=O) groups excluding carboxylic acids is 4. The average Bonchev–Trinajstić information content (AvgIpc) is 0.906. The topological polar surface area (TPSA) is 237 Å². The normalized spacial score (nSPS) is 14.2. The van der Waals surface area contributed by atoms with Crippen LogP contribution in [0.4, 0.5) is 0 Å². The lowest BCUT2D eigenvalue weighted by Crippen LogP contribution is -2.30. The Bertz CT molecular complexity index is 2010. The molecule has 104 heavy (non-hydrogen) atoms. The van der Waals surface area contributed by atoms with Crippen LogP contribution in [0.1, 0.15) is 447 Å². The molecule has 0 saturated carbocycles. The van der Waals surface area contributed by atoms with Gasteiger partial charge < -0.3 is 33.8 Å². The van der Waals surface area contributed by atoms with Crippen molar-refractivity contribution in [2.24, 2.45) is 17.8 Å². The molecule has 0 aromatic carbocycles. The van der Waals surface area contributed by atoms with Gasteiger partial charge in [-0.2, -0.15) is 0 Å². The molecule has 17 nitrogen and oxygen atoms in total. The molecule has 0 aliphatic carbocycles. The zero-order valence-corrected chi connectivity index (χ0v) is 70.3. The van der Waals surface area contributed by atoms with Crippen molar-refractivity contribution >= 4 is 39.5 Å². The van der Waals surface area contributed by atoms with E-state index in [1.165, 1.54) is 257 Å². The summed E-state index contributed by atoms with van der Waals surface area (Å²) in [7, 11) is -9.92. The van der Waals surface area contributed by atoms with Crippen molar-refractivity contribution in [3.8, 4) is 0 Å². The van der Waals surface area contributed by atoms with Crippen molar-refractivity contribution in [1.82, 2.24) is 0 Å². The Morgan fingerprint density at radius 2 is 0.490 bits per heavy atom. The van der Waals surface area contributed by atoms with Crippen LogP contribution in [0.25, 0.3) is 0 Å². The maximum atomic E-state index is 13.1. The third-order valence-corrected chi connectivity index (χ3v) is 22.1. The van der Waals surface area contributed by atoms with Gasteiger partial charge in [0.25, 0.3) is 0 Å². The molecule has 0 aliphatic rings. The van der Waals surface area contributed by atoms with Gasteiger partial charge in [-0.15, -0.1) is 0 Å². The fourth-order valence-corrected chi connectivity index (χ4v) is 14.7. The number of aliphatic hydroxyl groups excluding tert-OH is 1. The molecule has 6 atom stereocenters. The maximum Gasteiger partial charge on any atom is 0.472 e. The molecular weight excluding hydrogens is 1350 g/mol. The predicted molar refractivity (Wildman–Crippen MR) is 428 cm³/mol. The second-order valence-electron chi connectivity index (χ2n) is 31.8. The molecule has 0 saturated heterocycles. The highest BCUT2D eigenvalue weighted by Crippen LogP contribution is 2.45. The van der Waals surface area contributed by atoms with Gasteiger partial charge in [-0.3, -0.25) is 37.3 Å². The van der Waals surface area contributed by atoms with Gasteiger partial charge in [0.15, 0.2) is 12.2 Å². The van der Waals surface area contributed by atoms with E-state index in [1.807, 2.05) is 0 Å². The quantitative estimate of drug-likeness (QED) is 0.0222. The van der Waals surface area contributed by atoms with Crippen LogP contribution < -0.4 is 0 Å². The highest BCUT2D eigenvalue weighted by atomic mass is 31.2. The third kappa shape index (κ3) is 76.8. The molecule has 0 bridgehead atoms. The van der Waals surface area contributed by atoms with E-state index in [0.717, 1.165) is 108 Å². The lowest BCUT2D eigenvalue weighted by atomic mass is 9.99. The molecule has 0 aliphatic heterocycles. The Hall–Kier alpha value is -1.94. The van der Waals surface area contributed by atoms with E-state index in [2.05, 4.69) is 48.5 Å². The number of carbonyl (C=O) groups is 4. The van der Waals surface area contributed by atoms with E-state index >= 15 is 0 Å². The molecule has 0 heterocycles. The molecule has 0 rings (SSSR count). The van der Waals surface area contributed by atoms with E-state index in [0.29, 0.717) is 25.7 Å². The lowest BCUT2D eigenvalue weighted by molar-refractivity contribution is -0.161. The number of rotatable bonds is 83. The highest BCUT2D eigenvalue weighted by Gasteiger charge is 2.30. The summed E-state index contributed by atoms with van der Waals surface area (Å²) in [6.07, 6.45) is 65.2. The number of ether oxygens (including phenoxy) is 4. The minimum atomic E-state index is -4.97. The molecule has 3 N–H and O–H groups in total. The minimum absolute atomic E-state index is 0.107. The molecule has 0 fully saturated rings. The zero-order valence-electron chi connectivity index (χ0n) is 68.5. The summed E-state index contributed by atoms with van der Waals surface area (Å²) in [6.45, 7) is 12.1. The Morgan fingerprint density at radius 1 is 0.279 bits per heavy atom. The fourth-order valence-electron chi connectivity index (χ4n) is 13.2. The number of phosphoric acid groups is 2. The fraction of sp³-hybridized carbons (Fsp3) is 0.953. The first-order valence-corrected chi connectivity index (χ1v) is 46.9. The van der Waals surface area contributed by atoms with Crippen LogP contribution in [0.15, 0.2) is 0 Å². The second-order valence-corrected chi connectivity index (χ2v) is 34.7. The summed E-state index contributed by atoms with van der Waals surface area (Å²) in [5.41, 5.74) is 0. The number of hydrogen-bond donors (Lipinski definition) is 3. The van der Waals surface area contributed by atoms with Gasteiger partial charge in [-0.25, -0.2) is 9.13 Å². The monoisotopic (exact) mass is 1520 g/mol. The minimum Gasteiger partial charge on any atom is -0.462 e. The highest BCUT2D eigenvalue weighted by molar-refractivity contribution is 7.47. The van der Waals surface area contributed by atoms with Gasteiger partial charge >= 0.3 is 39.5 Å². The van der Waals surface area contributed by atoms with E-state index in [4.69, 9.17) is 37.0 Å². The Morgan fingerprint density at radius 3 is 0.731 bits per heavy atom. The van der Waals surface area contributed by atoms with Gasteiger partial charge in [0, 0.05) is 25.7 Å². The maximum absolute atomic E-state index is 13.1. The molecule has 0 amide bonds.